The van der Waals surface area contributed by atoms with Crippen molar-refractivity contribution in [3.8, 4) is 5.75 Å². The first-order chi connectivity index (χ1) is 12.9. The van der Waals surface area contributed by atoms with Crippen LogP contribution in [0.25, 0.3) is 0 Å². The summed E-state index contributed by atoms with van der Waals surface area (Å²) in [6.07, 6.45) is 1.99. The van der Waals surface area contributed by atoms with E-state index >= 15 is 0 Å². The lowest BCUT2D eigenvalue weighted by molar-refractivity contribution is 0.0355. The molecular formula is C22H24FNO3. The number of aliphatic hydroxyl groups is 1. The number of fused-ring (bicyclic) bond motifs is 1. The minimum atomic E-state index is -0.736. The van der Waals surface area contributed by atoms with E-state index in [2.05, 4.69) is 4.90 Å². The largest absolute Gasteiger partial charge is 0.508 e. The van der Waals surface area contributed by atoms with Crippen LogP contribution in [-0.2, 0) is 6.42 Å². The number of benzene rings is 2. The molecule has 2 aliphatic rings. The average molecular weight is 369 g/mol. The van der Waals surface area contributed by atoms with Gasteiger partial charge in [0.25, 0.3) is 0 Å². The van der Waals surface area contributed by atoms with Crippen molar-refractivity contribution in [1.82, 2.24) is 4.90 Å². The highest BCUT2D eigenvalue weighted by molar-refractivity contribution is 5.97. The number of carbonyl (C=O) groups excluding carboxylic acids is 1. The molecule has 1 aliphatic heterocycles. The van der Waals surface area contributed by atoms with Crippen molar-refractivity contribution in [3.63, 3.8) is 0 Å². The van der Waals surface area contributed by atoms with Gasteiger partial charge >= 0.3 is 0 Å². The van der Waals surface area contributed by atoms with E-state index in [0.717, 1.165) is 31.5 Å². The summed E-state index contributed by atoms with van der Waals surface area (Å²) in [7, 11) is 0. The second-order valence-electron chi connectivity index (χ2n) is 8.12. The molecule has 4 nitrogen and oxygen atoms in total. The molecule has 1 heterocycles. The first-order valence-electron chi connectivity index (χ1n) is 9.42. The van der Waals surface area contributed by atoms with Gasteiger partial charge in [0, 0.05) is 25.1 Å². The molecule has 0 unspecified atom stereocenters. The number of hydrogen-bond donors (Lipinski definition) is 2. The second kappa shape index (κ2) is 7.06. The monoisotopic (exact) mass is 369 g/mol. The maximum Gasteiger partial charge on any atom is 0.176 e. The van der Waals surface area contributed by atoms with Gasteiger partial charge in [0.05, 0.1) is 12.1 Å². The number of Topliss-reactive ketones (excluding diaryl/α,β-unsaturated/α-hetero) is 1. The van der Waals surface area contributed by atoms with Crippen LogP contribution < -0.4 is 0 Å². The molecule has 5 heteroatoms. The summed E-state index contributed by atoms with van der Waals surface area (Å²) in [5, 5.41) is 20.3. The van der Waals surface area contributed by atoms with Gasteiger partial charge in [-0.1, -0.05) is 12.1 Å². The summed E-state index contributed by atoms with van der Waals surface area (Å²) in [4.78, 5) is 14.6. The minimum absolute atomic E-state index is 0.0524. The molecule has 2 N–H and O–H groups in total. The molecular weight excluding hydrogens is 345 g/mol. The van der Waals surface area contributed by atoms with Crippen LogP contribution in [0.15, 0.2) is 48.5 Å². The molecule has 1 saturated carbocycles. The molecule has 0 radical (unpaired) electrons. The van der Waals surface area contributed by atoms with Crippen LogP contribution in [0.3, 0.4) is 0 Å². The summed E-state index contributed by atoms with van der Waals surface area (Å²) >= 11 is 0. The third-order valence-corrected chi connectivity index (χ3v) is 5.94. The van der Waals surface area contributed by atoms with E-state index < -0.39 is 5.60 Å². The van der Waals surface area contributed by atoms with Crippen LogP contribution >= 0.6 is 0 Å². The van der Waals surface area contributed by atoms with Crippen LogP contribution in [0.5, 0.6) is 5.75 Å². The van der Waals surface area contributed by atoms with Crippen LogP contribution in [0.1, 0.15) is 28.8 Å². The van der Waals surface area contributed by atoms with Gasteiger partial charge in [-0.25, -0.2) is 4.39 Å². The average Bonchev–Trinajstić information content (AvgIpc) is 3.11. The molecule has 1 aliphatic carbocycles. The summed E-state index contributed by atoms with van der Waals surface area (Å²) < 4.78 is 13.1. The van der Waals surface area contributed by atoms with Gasteiger partial charge in [0.2, 0.25) is 0 Å². The zero-order chi connectivity index (χ0) is 19.0. The number of carbonyl (C=O) groups is 1. The van der Waals surface area contributed by atoms with Crippen molar-refractivity contribution in [2.24, 2.45) is 11.8 Å². The van der Waals surface area contributed by atoms with Gasteiger partial charge in [-0.15, -0.1) is 0 Å². The van der Waals surface area contributed by atoms with Crippen LogP contribution in [0.4, 0.5) is 4.39 Å². The zero-order valence-electron chi connectivity index (χ0n) is 15.1. The molecule has 3 atom stereocenters. The van der Waals surface area contributed by atoms with E-state index in [1.165, 1.54) is 24.3 Å². The molecule has 0 spiro atoms. The maximum absolute atomic E-state index is 13.1. The van der Waals surface area contributed by atoms with Gasteiger partial charge in [-0.2, -0.15) is 0 Å². The van der Waals surface area contributed by atoms with Crippen molar-refractivity contribution in [2.45, 2.75) is 24.9 Å². The first-order valence-corrected chi connectivity index (χ1v) is 9.42. The summed E-state index contributed by atoms with van der Waals surface area (Å²) in [5.74, 6) is 0.730. The normalized spacial score (nSPS) is 27.6. The maximum atomic E-state index is 13.1. The van der Waals surface area contributed by atoms with Gasteiger partial charge in [0.1, 0.15) is 11.6 Å². The summed E-state index contributed by atoms with van der Waals surface area (Å²) in [5.41, 5.74) is 0.830. The molecule has 2 fully saturated rings. The molecule has 0 bridgehead atoms. The Balaban J connectivity index is 1.33. The van der Waals surface area contributed by atoms with Crippen LogP contribution in [-0.4, -0.2) is 46.1 Å². The van der Waals surface area contributed by atoms with Gasteiger partial charge in [-0.3, -0.25) is 9.69 Å². The predicted octanol–water partition coefficient (Wildman–Crippen LogP) is 3.03. The molecule has 2 aromatic carbocycles. The number of rotatable bonds is 5. The fraction of sp³-hybridized carbons (Fsp3) is 0.409. The summed E-state index contributed by atoms with van der Waals surface area (Å²) in [6, 6.07) is 12.7. The Morgan fingerprint density at radius 1 is 1.04 bits per heavy atom. The Morgan fingerprint density at radius 2 is 1.63 bits per heavy atom. The molecule has 0 amide bonds. The van der Waals surface area contributed by atoms with E-state index in [9.17, 15) is 19.4 Å². The third-order valence-electron chi connectivity index (χ3n) is 5.94. The molecule has 1 saturated heterocycles. The van der Waals surface area contributed by atoms with E-state index in [4.69, 9.17) is 0 Å². The highest BCUT2D eigenvalue weighted by atomic mass is 19.1. The van der Waals surface area contributed by atoms with Gasteiger partial charge < -0.3 is 10.2 Å². The minimum Gasteiger partial charge on any atom is -0.508 e. The lowest BCUT2D eigenvalue weighted by Crippen LogP contribution is -2.34. The highest BCUT2D eigenvalue weighted by Crippen LogP contribution is 2.45. The van der Waals surface area contributed by atoms with Crippen molar-refractivity contribution >= 4 is 5.78 Å². The number of likely N-dealkylation sites (tertiary alicyclic amines) is 1. The number of phenols is 1. The van der Waals surface area contributed by atoms with Crippen LogP contribution in [0.2, 0.25) is 0 Å². The Hall–Kier alpha value is -2.24. The molecule has 2 aromatic rings. The van der Waals surface area contributed by atoms with E-state index in [1.54, 1.807) is 24.3 Å². The van der Waals surface area contributed by atoms with E-state index in [1.807, 2.05) is 0 Å². The predicted molar refractivity (Wildman–Crippen MR) is 100 cm³/mol. The zero-order valence-corrected chi connectivity index (χ0v) is 15.1. The van der Waals surface area contributed by atoms with Crippen molar-refractivity contribution in [3.05, 3.63) is 65.5 Å². The van der Waals surface area contributed by atoms with Gasteiger partial charge in [0.15, 0.2) is 5.78 Å². The number of aromatic hydroxyl groups is 1. The fourth-order valence-electron chi connectivity index (χ4n) is 4.76. The number of nitrogens with zero attached hydrogens (tertiary/aromatic N) is 1. The fourth-order valence-corrected chi connectivity index (χ4v) is 4.76. The Kier molecular flexibility index (Phi) is 4.74. The standard InChI is InChI=1S/C22H24FNO3/c23-19-5-1-15(2-6-19)9-22(27)10-17-12-24(13-18(17)11-22)14-21(26)16-3-7-20(25)8-4-16/h1-8,17-18,25,27H,9-14H2/t17-,18+,22+. The van der Waals surface area contributed by atoms with Crippen molar-refractivity contribution < 1.29 is 19.4 Å². The Morgan fingerprint density at radius 3 is 2.22 bits per heavy atom. The Labute approximate surface area is 158 Å². The summed E-state index contributed by atoms with van der Waals surface area (Å²) in [6.45, 7) is 2.01. The first kappa shape index (κ1) is 18.1. The number of ketones is 1. The molecule has 0 aromatic heterocycles. The molecule has 142 valence electrons. The third kappa shape index (κ3) is 4.04. The molecule has 4 rings (SSSR count). The van der Waals surface area contributed by atoms with Gasteiger partial charge in [-0.05, 0) is 66.6 Å². The number of halogens is 1. The highest BCUT2D eigenvalue weighted by Gasteiger charge is 2.48. The second-order valence-corrected chi connectivity index (χ2v) is 8.12. The SMILES string of the molecule is O=C(CN1C[C@@H]2C[C@](O)(Cc3ccc(F)cc3)C[C@@H]2C1)c1ccc(O)cc1. The van der Waals surface area contributed by atoms with Crippen molar-refractivity contribution in [1.29, 1.82) is 0 Å². The van der Waals surface area contributed by atoms with E-state index in [-0.39, 0.29) is 17.3 Å². The van der Waals surface area contributed by atoms with Crippen molar-refractivity contribution in [2.75, 3.05) is 19.6 Å². The van der Waals surface area contributed by atoms with E-state index in [0.29, 0.717) is 30.4 Å². The lowest BCUT2D eigenvalue weighted by Gasteiger charge is -2.26. The number of hydrogen-bond acceptors (Lipinski definition) is 4. The van der Waals surface area contributed by atoms with Crippen LogP contribution in [0, 0.1) is 17.7 Å². The lowest BCUT2D eigenvalue weighted by atomic mass is 9.91. The number of phenolic OH excluding ortho intramolecular Hbond substituents is 1. The Bertz CT molecular complexity index is 804. The smallest absolute Gasteiger partial charge is 0.176 e. The topological polar surface area (TPSA) is 60.8 Å². The quantitative estimate of drug-likeness (QED) is 0.796. The molecule has 27 heavy (non-hydrogen) atoms.